The Bertz CT molecular complexity index is 40.7. The molecule has 0 rings (SSSR count). The molecular formula is C4H12FP. The van der Waals surface area contributed by atoms with Crippen LogP contribution in [-0.2, 0) is 0 Å². The molecule has 0 N–H and O–H groups in total. The summed E-state index contributed by atoms with van der Waals surface area (Å²) in [6.45, 7) is 4.14. The Morgan fingerprint density at radius 1 is 1.00 bits per heavy atom. The summed E-state index contributed by atoms with van der Waals surface area (Å²) >= 11 is 0. The molecule has 2 heteroatoms. The fraction of sp³-hybridized carbons (Fsp3) is 1.00. The fourth-order valence-electron chi connectivity index (χ4n) is 0. The second-order valence-electron chi connectivity index (χ2n) is 3.36. The molecule has 0 aromatic rings. The molecule has 0 aromatic carbocycles. The van der Waals surface area contributed by atoms with Crippen molar-refractivity contribution in [3.05, 3.63) is 0 Å². The standard InChI is InChI=1S/C4H12FP/c1-6(2,3,4)5/h1-4H3. The average molecular weight is 110 g/mol. The van der Waals surface area contributed by atoms with Gasteiger partial charge in [-0.2, -0.15) is 0 Å². The van der Waals surface area contributed by atoms with E-state index in [2.05, 4.69) is 0 Å². The second-order valence-corrected chi connectivity index (χ2v) is 10.1. The van der Waals surface area contributed by atoms with Crippen LogP contribution in [0.15, 0.2) is 0 Å². The van der Waals surface area contributed by atoms with E-state index in [1.165, 1.54) is 0 Å². The van der Waals surface area contributed by atoms with Crippen molar-refractivity contribution in [1.29, 1.82) is 0 Å². The SMILES string of the molecule is CP(C)(C)(C)F. The summed E-state index contributed by atoms with van der Waals surface area (Å²) in [5, 5.41) is 0. The van der Waals surface area contributed by atoms with Crippen LogP contribution in [0.25, 0.3) is 0 Å². The Hall–Kier alpha value is 0.360. The van der Waals surface area contributed by atoms with Crippen molar-refractivity contribution in [3.63, 3.8) is 0 Å². The van der Waals surface area contributed by atoms with E-state index in [4.69, 9.17) is 0 Å². The minimum atomic E-state index is -2.55. The van der Waals surface area contributed by atoms with E-state index in [9.17, 15) is 4.20 Å². The average Bonchev–Trinajstić information content (AvgIpc) is 0.650. The molecule has 0 saturated carbocycles. The van der Waals surface area contributed by atoms with Crippen LogP contribution in [0.1, 0.15) is 0 Å². The van der Waals surface area contributed by atoms with Crippen molar-refractivity contribution in [3.8, 4) is 0 Å². The molecule has 0 fully saturated rings. The summed E-state index contributed by atoms with van der Waals surface area (Å²) in [6.07, 6.45) is 0. The summed E-state index contributed by atoms with van der Waals surface area (Å²) in [5.74, 6) is 0. The molecule has 40 valence electrons. The molecule has 0 atom stereocenters. The van der Waals surface area contributed by atoms with Crippen molar-refractivity contribution in [2.24, 2.45) is 0 Å². The van der Waals surface area contributed by atoms with Crippen LogP contribution in [0.2, 0.25) is 0 Å². The van der Waals surface area contributed by atoms with Crippen molar-refractivity contribution >= 4 is 6.91 Å². The van der Waals surface area contributed by atoms with E-state index in [1.807, 2.05) is 0 Å². The van der Waals surface area contributed by atoms with Crippen LogP contribution < -0.4 is 0 Å². The fourth-order valence-corrected chi connectivity index (χ4v) is 0. The van der Waals surface area contributed by atoms with Gasteiger partial charge in [-0.15, -0.1) is 0 Å². The Morgan fingerprint density at radius 3 is 1.00 bits per heavy atom. The molecule has 0 radical (unpaired) electrons. The molecule has 0 saturated heterocycles. The molecule has 0 amide bonds. The number of rotatable bonds is 0. The molecule has 0 aliphatic rings. The monoisotopic (exact) mass is 110 g/mol. The molecule has 0 aliphatic heterocycles. The normalized spacial score (nSPS) is 19.2. The van der Waals surface area contributed by atoms with Crippen molar-refractivity contribution in [1.82, 2.24) is 0 Å². The van der Waals surface area contributed by atoms with Gasteiger partial charge >= 0.3 is 37.8 Å². The first-order valence-corrected chi connectivity index (χ1v) is 5.87. The van der Waals surface area contributed by atoms with E-state index in [1.54, 1.807) is 26.7 Å². The van der Waals surface area contributed by atoms with E-state index in [0.717, 1.165) is 0 Å². The topological polar surface area (TPSA) is 0 Å². The van der Waals surface area contributed by atoms with E-state index < -0.39 is 6.91 Å². The molecule has 0 bridgehead atoms. The van der Waals surface area contributed by atoms with Crippen LogP contribution in [0.3, 0.4) is 0 Å². The van der Waals surface area contributed by atoms with Gasteiger partial charge in [0.15, 0.2) is 0 Å². The zero-order valence-corrected chi connectivity index (χ0v) is 5.72. The van der Waals surface area contributed by atoms with Gasteiger partial charge in [-0.1, -0.05) is 0 Å². The molecule has 0 spiro atoms. The van der Waals surface area contributed by atoms with Gasteiger partial charge in [0.25, 0.3) is 0 Å². The maximum absolute atomic E-state index is 12.5. The molecule has 0 unspecified atom stereocenters. The molecule has 0 aliphatic carbocycles. The van der Waals surface area contributed by atoms with Crippen LogP contribution >= 0.6 is 6.91 Å². The third-order valence-corrected chi connectivity index (χ3v) is 0. The summed E-state index contributed by atoms with van der Waals surface area (Å²) in [5.41, 5.74) is 0. The number of hydrogen-bond acceptors (Lipinski definition) is 0. The Morgan fingerprint density at radius 2 is 1.00 bits per heavy atom. The van der Waals surface area contributed by atoms with E-state index >= 15 is 0 Å². The van der Waals surface area contributed by atoms with E-state index in [-0.39, 0.29) is 0 Å². The number of halogens is 1. The molecular weight excluding hydrogens is 98.0 g/mol. The summed E-state index contributed by atoms with van der Waals surface area (Å²) in [4.78, 5) is 0. The second kappa shape index (κ2) is 0.949. The first kappa shape index (κ1) is 6.36. The molecule has 0 nitrogen and oxygen atoms in total. The van der Waals surface area contributed by atoms with Gasteiger partial charge in [0, 0.05) is 0 Å². The van der Waals surface area contributed by atoms with Gasteiger partial charge < -0.3 is 0 Å². The zero-order chi connectivity index (χ0) is 5.45. The maximum atomic E-state index is 12.5. The Kier molecular flexibility index (Phi) is 1.01. The first-order valence-electron chi connectivity index (χ1n) is 1.96. The predicted molar refractivity (Wildman–Crippen MR) is 31.7 cm³/mol. The van der Waals surface area contributed by atoms with Gasteiger partial charge in [-0.05, 0) is 0 Å². The molecule has 0 aromatic heterocycles. The summed E-state index contributed by atoms with van der Waals surface area (Å²) in [7, 11) is 0. The first-order chi connectivity index (χ1) is 2.24. The van der Waals surface area contributed by atoms with Crippen LogP contribution in [0.5, 0.6) is 0 Å². The van der Waals surface area contributed by atoms with E-state index in [0.29, 0.717) is 0 Å². The van der Waals surface area contributed by atoms with Crippen molar-refractivity contribution in [2.75, 3.05) is 26.7 Å². The molecule has 6 heavy (non-hydrogen) atoms. The summed E-state index contributed by atoms with van der Waals surface area (Å²) < 4.78 is 12.5. The van der Waals surface area contributed by atoms with Crippen LogP contribution in [0.4, 0.5) is 4.20 Å². The van der Waals surface area contributed by atoms with Gasteiger partial charge in [0.1, 0.15) is 0 Å². The zero-order valence-electron chi connectivity index (χ0n) is 4.83. The van der Waals surface area contributed by atoms with Gasteiger partial charge in [-0.3, -0.25) is 0 Å². The summed E-state index contributed by atoms with van der Waals surface area (Å²) in [6, 6.07) is 0. The van der Waals surface area contributed by atoms with Crippen LogP contribution in [-0.4, -0.2) is 26.7 Å². The van der Waals surface area contributed by atoms with Gasteiger partial charge in [-0.25, -0.2) is 0 Å². The quantitative estimate of drug-likeness (QED) is 0.418. The Labute approximate surface area is 38.8 Å². The van der Waals surface area contributed by atoms with Gasteiger partial charge in [0.05, 0.1) is 0 Å². The van der Waals surface area contributed by atoms with Crippen molar-refractivity contribution in [2.45, 2.75) is 0 Å². The van der Waals surface area contributed by atoms with Crippen molar-refractivity contribution < 1.29 is 4.20 Å². The van der Waals surface area contributed by atoms with Gasteiger partial charge in [0.2, 0.25) is 0 Å². The predicted octanol–water partition coefficient (Wildman–Crippen LogP) is 1.94. The molecule has 0 heterocycles. The number of hydrogen-bond donors (Lipinski definition) is 0. The minimum absolute atomic E-state index is 1.67. The van der Waals surface area contributed by atoms with Crippen LogP contribution in [0, 0.1) is 0 Å². The Balaban J connectivity index is 3.73. The third kappa shape index (κ3) is 380. The third-order valence-electron chi connectivity index (χ3n) is 0.